The predicted molar refractivity (Wildman–Crippen MR) is 134 cm³/mol. The predicted octanol–water partition coefficient (Wildman–Crippen LogP) is 5.41. The SMILES string of the molecule is COc1ccc(CN2C(=O)C(=O)/C(=C(\O)c3ccc(C)cc3)C2c2ccc(OC(C)C)cc2)cc1. The molecule has 1 aliphatic rings. The Bertz CT molecular complexity index is 1240. The van der Waals surface area contributed by atoms with E-state index in [0.717, 1.165) is 11.1 Å². The van der Waals surface area contributed by atoms with Crippen LogP contribution in [0.5, 0.6) is 11.5 Å². The number of Topliss-reactive ketones (excluding diaryl/α,β-unsaturated/α-hetero) is 1. The number of aliphatic hydroxyl groups excluding tert-OH is 1. The van der Waals surface area contributed by atoms with Gasteiger partial charge in [-0.1, -0.05) is 54.1 Å². The second-order valence-electron chi connectivity index (χ2n) is 8.88. The van der Waals surface area contributed by atoms with E-state index in [-0.39, 0.29) is 24.0 Å². The average molecular weight is 472 g/mol. The van der Waals surface area contributed by atoms with Crippen LogP contribution in [0.1, 0.15) is 42.1 Å². The fraction of sp³-hybridized carbons (Fsp3) is 0.241. The van der Waals surface area contributed by atoms with Crippen LogP contribution in [0.15, 0.2) is 78.4 Å². The fourth-order valence-corrected chi connectivity index (χ4v) is 4.19. The number of hydrogen-bond donors (Lipinski definition) is 1. The topological polar surface area (TPSA) is 76.1 Å². The van der Waals surface area contributed by atoms with Crippen molar-refractivity contribution in [2.75, 3.05) is 7.11 Å². The molecular formula is C29H29NO5. The number of carbonyl (C=O) groups is 2. The fourth-order valence-electron chi connectivity index (χ4n) is 4.19. The summed E-state index contributed by atoms with van der Waals surface area (Å²) in [7, 11) is 1.59. The summed E-state index contributed by atoms with van der Waals surface area (Å²) in [6, 6.07) is 21.1. The van der Waals surface area contributed by atoms with E-state index in [1.165, 1.54) is 4.90 Å². The third kappa shape index (κ3) is 5.06. The number of hydrogen-bond acceptors (Lipinski definition) is 5. The smallest absolute Gasteiger partial charge is 0.295 e. The molecule has 1 heterocycles. The summed E-state index contributed by atoms with van der Waals surface area (Å²) in [5.74, 6) is -0.152. The highest BCUT2D eigenvalue weighted by Crippen LogP contribution is 2.40. The summed E-state index contributed by atoms with van der Waals surface area (Å²) in [6.07, 6.45) is 0.0168. The van der Waals surface area contributed by atoms with Gasteiger partial charge in [0.1, 0.15) is 17.3 Å². The maximum atomic E-state index is 13.2. The van der Waals surface area contributed by atoms with E-state index in [1.54, 1.807) is 19.2 Å². The molecule has 180 valence electrons. The number of rotatable bonds is 7. The van der Waals surface area contributed by atoms with Gasteiger partial charge in [0.05, 0.1) is 24.8 Å². The molecule has 1 saturated heterocycles. The van der Waals surface area contributed by atoms with Gasteiger partial charge in [-0.15, -0.1) is 0 Å². The molecule has 0 spiro atoms. The van der Waals surface area contributed by atoms with E-state index in [0.29, 0.717) is 22.6 Å². The van der Waals surface area contributed by atoms with Gasteiger partial charge in [0.2, 0.25) is 0 Å². The number of carbonyl (C=O) groups excluding carboxylic acids is 2. The van der Waals surface area contributed by atoms with Crippen LogP contribution in [-0.4, -0.2) is 34.9 Å². The molecule has 0 saturated carbocycles. The highest BCUT2D eigenvalue weighted by Gasteiger charge is 2.46. The lowest BCUT2D eigenvalue weighted by Gasteiger charge is -2.26. The first-order chi connectivity index (χ1) is 16.8. The molecule has 1 aliphatic heterocycles. The van der Waals surface area contributed by atoms with Crippen molar-refractivity contribution in [3.05, 3.63) is 101 Å². The number of methoxy groups -OCH3 is 1. The first-order valence-electron chi connectivity index (χ1n) is 11.5. The highest BCUT2D eigenvalue weighted by atomic mass is 16.5. The van der Waals surface area contributed by atoms with Gasteiger partial charge < -0.3 is 19.5 Å². The van der Waals surface area contributed by atoms with Gasteiger partial charge in [-0.05, 0) is 56.2 Å². The number of likely N-dealkylation sites (tertiary alicyclic amines) is 1. The van der Waals surface area contributed by atoms with Crippen LogP contribution in [0.2, 0.25) is 0 Å². The lowest BCUT2D eigenvalue weighted by molar-refractivity contribution is -0.140. The Balaban J connectivity index is 1.79. The maximum Gasteiger partial charge on any atom is 0.295 e. The van der Waals surface area contributed by atoms with Crippen molar-refractivity contribution in [1.29, 1.82) is 0 Å². The van der Waals surface area contributed by atoms with Crippen LogP contribution in [-0.2, 0) is 16.1 Å². The Morgan fingerprint density at radius 2 is 1.51 bits per heavy atom. The Morgan fingerprint density at radius 3 is 2.09 bits per heavy atom. The number of aliphatic hydroxyl groups is 1. The van der Waals surface area contributed by atoms with Crippen molar-refractivity contribution < 1.29 is 24.2 Å². The molecule has 1 atom stereocenters. The molecule has 1 amide bonds. The molecule has 4 rings (SSSR count). The second kappa shape index (κ2) is 10.1. The molecule has 0 aromatic heterocycles. The number of benzene rings is 3. The third-order valence-electron chi connectivity index (χ3n) is 5.94. The minimum Gasteiger partial charge on any atom is -0.507 e. The Hall–Kier alpha value is -4.06. The quantitative estimate of drug-likeness (QED) is 0.283. The van der Waals surface area contributed by atoms with Crippen LogP contribution in [0.25, 0.3) is 5.76 Å². The van der Waals surface area contributed by atoms with Crippen molar-refractivity contribution >= 4 is 17.4 Å². The molecule has 0 bridgehead atoms. The Labute approximate surface area is 205 Å². The van der Waals surface area contributed by atoms with Crippen LogP contribution in [0, 0.1) is 6.92 Å². The number of ketones is 1. The van der Waals surface area contributed by atoms with Crippen LogP contribution in [0.4, 0.5) is 0 Å². The summed E-state index contributed by atoms with van der Waals surface area (Å²) in [4.78, 5) is 27.9. The normalized spacial score (nSPS) is 17.2. The van der Waals surface area contributed by atoms with Crippen LogP contribution >= 0.6 is 0 Å². The van der Waals surface area contributed by atoms with Crippen molar-refractivity contribution in [2.24, 2.45) is 0 Å². The van der Waals surface area contributed by atoms with Gasteiger partial charge >= 0.3 is 0 Å². The number of amides is 1. The summed E-state index contributed by atoms with van der Waals surface area (Å²) >= 11 is 0. The third-order valence-corrected chi connectivity index (χ3v) is 5.94. The zero-order valence-corrected chi connectivity index (χ0v) is 20.3. The summed E-state index contributed by atoms with van der Waals surface area (Å²) in [6.45, 7) is 6.03. The maximum absolute atomic E-state index is 13.2. The molecule has 0 radical (unpaired) electrons. The Kier molecular flexibility index (Phi) is 6.92. The zero-order valence-electron chi connectivity index (χ0n) is 20.3. The average Bonchev–Trinajstić information content (AvgIpc) is 3.09. The molecule has 1 fully saturated rings. The van der Waals surface area contributed by atoms with E-state index in [2.05, 4.69) is 0 Å². The first kappa shape index (κ1) is 24.1. The van der Waals surface area contributed by atoms with Crippen molar-refractivity contribution in [2.45, 2.75) is 39.5 Å². The van der Waals surface area contributed by atoms with Gasteiger partial charge in [0.25, 0.3) is 11.7 Å². The van der Waals surface area contributed by atoms with Crippen molar-refractivity contribution in [3.8, 4) is 11.5 Å². The van der Waals surface area contributed by atoms with E-state index in [1.807, 2.05) is 81.4 Å². The van der Waals surface area contributed by atoms with Crippen molar-refractivity contribution in [1.82, 2.24) is 4.90 Å². The molecule has 6 heteroatoms. The van der Waals surface area contributed by atoms with E-state index in [4.69, 9.17) is 9.47 Å². The lowest BCUT2D eigenvalue weighted by Crippen LogP contribution is -2.29. The molecule has 0 aliphatic carbocycles. The van der Waals surface area contributed by atoms with Crippen LogP contribution < -0.4 is 9.47 Å². The number of aryl methyl sites for hydroxylation is 1. The largest absolute Gasteiger partial charge is 0.507 e. The second-order valence-corrected chi connectivity index (χ2v) is 8.88. The molecule has 1 unspecified atom stereocenters. The van der Waals surface area contributed by atoms with E-state index in [9.17, 15) is 14.7 Å². The standard InChI is InChI=1S/C29H29NO5/c1-18(2)35-24-15-11-21(12-16-24)26-25(27(31)22-9-5-19(3)6-10-22)28(32)29(33)30(26)17-20-7-13-23(34-4)14-8-20/h5-16,18,26,31H,17H2,1-4H3/b27-25-. The first-order valence-corrected chi connectivity index (χ1v) is 11.5. The highest BCUT2D eigenvalue weighted by molar-refractivity contribution is 6.46. The van der Waals surface area contributed by atoms with Gasteiger partial charge in [-0.25, -0.2) is 0 Å². The molecule has 3 aromatic carbocycles. The van der Waals surface area contributed by atoms with Crippen LogP contribution in [0.3, 0.4) is 0 Å². The minimum atomic E-state index is -0.744. The summed E-state index contributed by atoms with van der Waals surface area (Å²) in [5, 5.41) is 11.2. The van der Waals surface area contributed by atoms with E-state index < -0.39 is 17.7 Å². The molecular weight excluding hydrogens is 442 g/mol. The lowest BCUT2D eigenvalue weighted by atomic mass is 9.95. The Morgan fingerprint density at radius 1 is 0.914 bits per heavy atom. The summed E-state index contributed by atoms with van der Waals surface area (Å²) < 4.78 is 11.0. The van der Waals surface area contributed by atoms with E-state index >= 15 is 0 Å². The van der Waals surface area contributed by atoms with Gasteiger partial charge in [0, 0.05) is 12.1 Å². The number of nitrogens with zero attached hydrogens (tertiary/aromatic N) is 1. The van der Waals surface area contributed by atoms with Crippen molar-refractivity contribution in [3.63, 3.8) is 0 Å². The monoisotopic (exact) mass is 471 g/mol. The minimum absolute atomic E-state index is 0.0168. The molecule has 6 nitrogen and oxygen atoms in total. The molecule has 1 N–H and O–H groups in total. The summed E-state index contributed by atoms with van der Waals surface area (Å²) in [5.41, 5.74) is 3.14. The van der Waals surface area contributed by atoms with Gasteiger partial charge in [-0.2, -0.15) is 0 Å². The zero-order chi connectivity index (χ0) is 25.1. The molecule has 3 aromatic rings. The number of ether oxygens (including phenoxy) is 2. The molecule has 35 heavy (non-hydrogen) atoms. The van der Waals surface area contributed by atoms with Gasteiger partial charge in [0.15, 0.2) is 0 Å². The van der Waals surface area contributed by atoms with Gasteiger partial charge in [-0.3, -0.25) is 9.59 Å².